The molecule has 5 heteroatoms. The molecule has 1 heterocycles. The van der Waals surface area contributed by atoms with Crippen LogP contribution in [0.5, 0.6) is 5.75 Å². The summed E-state index contributed by atoms with van der Waals surface area (Å²) < 4.78 is 11.9. The van der Waals surface area contributed by atoms with Crippen LogP contribution in [-0.4, -0.2) is 17.7 Å². The Hall–Kier alpha value is -1.29. The molecule has 4 nitrogen and oxygen atoms in total. The third kappa shape index (κ3) is 4.09. The second kappa shape index (κ2) is 6.21. The fraction of sp³-hybridized carbons (Fsp3) is 0.111. The van der Waals surface area contributed by atoms with Gasteiger partial charge in [-0.25, -0.2) is 4.79 Å². The summed E-state index contributed by atoms with van der Waals surface area (Å²) in [4.78, 5) is 14.7. The van der Waals surface area contributed by atoms with Crippen LogP contribution in [0.4, 0.5) is 4.79 Å². The first-order valence-electron chi connectivity index (χ1n) is 3.66. The fourth-order valence-electron chi connectivity index (χ4n) is 0.655. The van der Waals surface area contributed by atoms with Gasteiger partial charge in [-0.1, -0.05) is 5.92 Å². The van der Waals surface area contributed by atoms with Gasteiger partial charge in [-0.15, -0.1) is 0 Å². The van der Waals surface area contributed by atoms with Crippen molar-refractivity contribution < 1.29 is 14.3 Å². The van der Waals surface area contributed by atoms with E-state index in [4.69, 9.17) is 4.74 Å². The van der Waals surface area contributed by atoms with E-state index in [1.807, 2.05) is 22.6 Å². The van der Waals surface area contributed by atoms with Gasteiger partial charge in [0.2, 0.25) is 0 Å². The van der Waals surface area contributed by atoms with Crippen molar-refractivity contribution in [3.8, 4) is 15.6 Å². The highest BCUT2D eigenvalue weighted by Gasteiger charge is 2.03. The van der Waals surface area contributed by atoms with Crippen molar-refractivity contribution in [3.63, 3.8) is 0 Å². The predicted molar refractivity (Wildman–Crippen MR) is 58.0 cm³/mol. The zero-order chi connectivity index (χ0) is 10.2. The van der Waals surface area contributed by atoms with Gasteiger partial charge in [0.05, 0.1) is 6.20 Å². The summed E-state index contributed by atoms with van der Waals surface area (Å²) in [7, 11) is 0. The highest BCUT2D eigenvalue weighted by molar-refractivity contribution is 14.1. The molecule has 1 aromatic heterocycles. The van der Waals surface area contributed by atoms with Crippen molar-refractivity contribution in [2.75, 3.05) is 6.61 Å². The van der Waals surface area contributed by atoms with Gasteiger partial charge in [-0.3, -0.25) is 4.98 Å². The van der Waals surface area contributed by atoms with Gasteiger partial charge in [-0.05, 0) is 16.1 Å². The topological polar surface area (TPSA) is 48.4 Å². The van der Waals surface area contributed by atoms with E-state index in [1.54, 1.807) is 18.3 Å². The highest BCUT2D eigenvalue weighted by Crippen LogP contribution is 2.06. The van der Waals surface area contributed by atoms with Crippen LogP contribution < -0.4 is 4.74 Å². The largest absolute Gasteiger partial charge is 0.514 e. The number of hydrogen-bond donors (Lipinski definition) is 0. The van der Waals surface area contributed by atoms with E-state index in [9.17, 15) is 4.79 Å². The predicted octanol–water partition coefficient (Wildman–Crippen LogP) is 1.99. The van der Waals surface area contributed by atoms with Crippen molar-refractivity contribution in [2.24, 2.45) is 0 Å². The minimum absolute atomic E-state index is 0.0298. The maximum Gasteiger partial charge on any atom is 0.514 e. The van der Waals surface area contributed by atoms with Crippen LogP contribution in [0.25, 0.3) is 0 Å². The number of carbonyl (C=O) groups excluding carboxylic acids is 1. The van der Waals surface area contributed by atoms with Crippen LogP contribution in [-0.2, 0) is 4.74 Å². The molecule has 0 aromatic carbocycles. The van der Waals surface area contributed by atoms with Gasteiger partial charge in [0.15, 0.2) is 12.4 Å². The molecular weight excluding hydrogens is 297 g/mol. The molecule has 0 aliphatic rings. The summed E-state index contributed by atoms with van der Waals surface area (Å²) in [5, 5.41) is 0. The van der Waals surface area contributed by atoms with E-state index in [1.165, 1.54) is 6.20 Å². The highest BCUT2D eigenvalue weighted by atomic mass is 127. The quantitative estimate of drug-likeness (QED) is 0.476. The summed E-state index contributed by atoms with van der Waals surface area (Å²) >= 11 is 1.85. The van der Waals surface area contributed by atoms with E-state index in [0.29, 0.717) is 5.75 Å². The number of carbonyl (C=O) groups is 1. The van der Waals surface area contributed by atoms with Crippen LogP contribution in [0.15, 0.2) is 24.5 Å². The summed E-state index contributed by atoms with van der Waals surface area (Å²) in [5.41, 5.74) is 0. The van der Waals surface area contributed by atoms with Gasteiger partial charge >= 0.3 is 6.16 Å². The second-order valence-corrected chi connectivity index (χ2v) is 2.64. The Morgan fingerprint density at radius 2 is 2.50 bits per heavy atom. The van der Waals surface area contributed by atoms with Gasteiger partial charge < -0.3 is 9.47 Å². The number of nitrogens with zero attached hydrogens (tertiary/aromatic N) is 1. The molecular formula is C9H6INO3. The molecule has 0 amide bonds. The molecule has 0 spiro atoms. The minimum atomic E-state index is -0.780. The molecule has 0 radical (unpaired) electrons. The number of aromatic nitrogens is 1. The zero-order valence-corrected chi connectivity index (χ0v) is 9.22. The Labute approximate surface area is 94.8 Å². The normalized spacial score (nSPS) is 8.36. The van der Waals surface area contributed by atoms with Crippen molar-refractivity contribution in [1.82, 2.24) is 4.98 Å². The maximum absolute atomic E-state index is 10.9. The van der Waals surface area contributed by atoms with E-state index in [0.717, 1.165) is 0 Å². The van der Waals surface area contributed by atoms with E-state index in [2.05, 4.69) is 19.6 Å². The molecule has 0 aliphatic carbocycles. The summed E-state index contributed by atoms with van der Waals surface area (Å²) in [6.07, 6.45) is 2.22. The van der Waals surface area contributed by atoms with Gasteiger partial charge in [-0.2, -0.15) is 0 Å². The zero-order valence-electron chi connectivity index (χ0n) is 7.07. The lowest BCUT2D eigenvalue weighted by atomic mass is 10.5. The molecule has 0 saturated carbocycles. The van der Waals surface area contributed by atoms with Crippen molar-refractivity contribution in [3.05, 3.63) is 24.5 Å². The molecule has 0 fully saturated rings. The maximum atomic E-state index is 10.9. The SMILES string of the molecule is O=C(OCC#CI)Oc1cccnc1. The third-order valence-electron chi connectivity index (χ3n) is 1.16. The number of halogens is 1. The number of pyridine rings is 1. The van der Waals surface area contributed by atoms with Crippen LogP contribution in [0.3, 0.4) is 0 Å². The molecule has 0 bridgehead atoms. The van der Waals surface area contributed by atoms with E-state index >= 15 is 0 Å². The van der Waals surface area contributed by atoms with Crippen molar-refractivity contribution in [1.29, 1.82) is 0 Å². The molecule has 0 N–H and O–H groups in total. The second-order valence-electron chi connectivity index (χ2n) is 2.10. The average molecular weight is 303 g/mol. The van der Waals surface area contributed by atoms with E-state index < -0.39 is 6.16 Å². The van der Waals surface area contributed by atoms with Crippen molar-refractivity contribution >= 4 is 28.7 Å². The van der Waals surface area contributed by atoms with Crippen LogP contribution in [0, 0.1) is 9.85 Å². The van der Waals surface area contributed by atoms with Gasteiger partial charge in [0.25, 0.3) is 0 Å². The van der Waals surface area contributed by atoms with Gasteiger partial charge in [0, 0.05) is 28.8 Å². The Kier molecular flexibility index (Phi) is 4.78. The Bertz CT molecular complexity index is 355. The lowest BCUT2D eigenvalue weighted by Crippen LogP contribution is -2.10. The van der Waals surface area contributed by atoms with E-state index in [-0.39, 0.29) is 6.61 Å². The van der Waals surface area contributed by atoms with Crippen LogP contribution in [0.2, 0.25) is 0 Å². The Balaban J connectivity index is 2.37. The standard InChI is InChI=1S/C9H6INO3/c10-4-2-6-13-9(12)14-8-3-1-5-11-7-8/h1,3,5,7H,6H2. The third-order valence-corrected chi connectivity index (χ3v) is 1.55. The molecule has 0 aliphatic heterocycles. The molecule has 0 unspecified atom stereocenters. The summed E-state index contributed by atoms with van der Waals surface area (Å²) in [5.74, 6) is 2.91. The molecule has 0 saturated heterocycles. The number of hydrogen-bond acceptors (Lipinski definition) is 4. The fourth-order valence-corrected chi connectivity index (χ4v) is 0.811. The first-order valence-corrected chi connectivity index (χ1v) is 4.74. The molecule has 0 atom stereocenters. The average Bonchev–Trinajstić information content (AvgIpc) is 2.20. The number of rotatable bonds is 2. The Morgan fingerprint density at radius 1 is 1.64 bits per heavy atom. The summed E-state index contributed by atoms with van der Waals surface area (Å²) in [6, 6.07) is 3.27. The van der Waals surface area contributed by atoms with Crippen LogP contribution >= 0.6 is 22.6 Å². The Morgan fingerprint density at radius 3 is 3.14 bits per heavy atom. The lowest BCUT2D eigenvalue weighted by Gasteiger charge is -2.01. The lowest BCUT2D eigenvalue weighted by molar-refractivity contribution is 0.111. The first kappa shape index (κ1) is 10.8. The number of ether oxygens (including phenoxy) is 2. The monoisotopic (exact) mass is 303 g/mol. The van der Waals surface area contributed by atoms with Crippen LogP contribution in [0.1, 0.15) is 0 Å². The minimum Gasteiger partial charge on any atom is -0.421 e. The molecule has 72 valence electrons. The molecule has 14 heavy (non-hydrogen) atoms. The van der Waals surface area contributed by atoms with Crippen molar-refractivity contribution in [2.45, 2.75) is 0 Å². The first-order chi connectivity index (χ1) is 6.83. The molecule has 1 rings (SSSR count). The summed E-state index contributed by atoms with van der Waals surface area (Å²) in [6.45, 7) is 0.0298. The van der Waals surface area contributed by atoms with Gasteiger partial charge in [0.1, 0.15) is 0 Å². The smallest absolute Gasteiger partial charge is 0.421 e. The molecule has 1 aromatic rings.